The van der Waals surface area contributed by atoms with Crippen LogP contribution in [0.3, 0.4) is 0 Å². The zero-order chi connectivity index (χ0) is 13.5. The minimum Gasteiger partial charge on any atom is -0.759 e. The zero-order valence-electron chi connectivity index (χ0n) is 7.24. The summed E-state index contributed by atoms with van der Waals surface area (Å²) in [6.07, 6.45) is 0. The maximum absolute atomic E-state index is 8.52. The third kappa shape index (κ3) is 4360. The van der Waals surface area contributed by atoms with E-state index in [1.54, 1.807) is 0 Å². The van der Waals surface area contributed by atoms with Gasteiger partial charge in [0.25, 0.3) is 0 Å². The van der Waals surface area contributed by atoms with Crippen molar-refractivity contribution in [2.75, 3.05) is 0 Å². The standard InChI is InChI=1S/2Fe.3H2O4S.S/c;;3*1-5(2,3)4;/h;;3*(H2,1,2,3,4);/q2*+3;;;;/p-6. The molecule has 0 spiro atoms. The van der Waals surface area contributed by atoms with E-state index in [1.807, 2.05) is 0 Å². The molecule has 4 radical (unpaired) electrons. The molecule has 0 aliphatic heterocycles. The monoisotopic (exact) mass is 432 g/mol. The molecule has 0 aromatic rings. The molecular formula is Fe2O12S4. The normalized spacial score (nSPS) is 9.67. The van der Waals surface area contributed by atoms with Crippen LogP contribution in [0.25, 0.3) is 0 Å². The van der Waals surface area contributed by atoms with Crippen molar-refractivity contribution in [3.63, 3.8) is 0 Å². The first-order valence-electron chi connectivity index (χ1n) is 2.00. The fourth-order valence-electron chi connectivity index (χ4n) is 0. The van der Waals surface area contributed by atoms with Gasteiger partial charge in [-0.15, -0.1) is 0 Å². The van der Waals surface area contributed by atoms with E-state index in [9.17, 15) is 0 Å². The summed E-state index contributed by atoms with van der Waals surface area (Å²) in [6.45, 7) is 0. The molecule has 0 aliphatic carbocycles. The van der Waals surface area contributed by atoms with E-state index < -0.39 is 31.2 Å². The van der Waals surface area contributed by atoms with Crippen LogP contribution in [0.5, 0.6) is 0 Å². The van der Waals surface area contributed by atoms with E-state index >= 15 is 0 Å². The Balaban J connectivity index is -0.0000000277. The fraction of sp³-hybridized carbons (Fsp3) is 0. The molecule has 0 aromatic carbocycles. The van der Waals surface area contributed by atoms with Crippen molar-refractivity contribution in [2.24, 2.45) is 0 Å². The third-order valence-corrected chi connectivity index (χ3v) is 0. The molecule has 0 bridgehead atoms. The predicted octanol–water partition coefficient (Wildman–Crippen LogP) is -3.37. The van der Waals surface area contributed by atoms with E-state index in [0.29, 0.717) is 0 Å². The van der Waals surface area contributed by atoms with Crippen LogP contribution in [0.15, 0.2) is 0 Å². The van der Waals surface area contributed by atoms with Crippen LogP contribution in [0.1, 0.15) is 0 Å². The van der Waals surface area contributed by atoms with E-state index in [1.165, 1.54) is 0 Å². The van der Waals surface area contributed by atoms with Crippen molar-refractivity contribution in [1.29, 1.82) is 0 Å². The van der Waals surface area contributed by atoms with Gasteiger partial charge in [-0.2, -0.15) is 0 Å². The summed E-state index contributed by atoms with van der Waals surface area (Å²) in [7, 11) is -15.5. The smallest absolute Gasteiger partial charge is 0.759 e. The molecule has 0 aliphatic rings. The Bertz CT molecular complexity index is 343. The predicted molar refractivity (Wildman–Crippen MR) is 39.0 cm³/mol. The first kappa shape index (κ1) is 36.4. The van der Waals surface area contributed by atoms with E-state index in [0.717, 1.165) is 0 Å². The second-order valence-corrected chi connectivity index (χ2v) is 3.67. The number of rotatable bonds is 0. The molecule has 0 N–H and O–H groups in total. The van der Waals surface area contributed by atoms with E-state index in [-0.39, 0.29) is 47.6 Å². The van der Waals surface area contributed by atoms with Gasteiger partial charge in [-0.25, -0.2) is 0 Å². The van der Waals surface area contributed by atoms with E-state index in [2.05, 4.69) is 0 Å². The van der Waals surface area contributed by atoms with Crippen LogP contribution < -0.4 is 0 Å². The average molecular weight is 432 g/mol. The molecular weight excluding hydrogens is 432 g/mol. The van der Waals surface area contributed by atoms with Crippen molar-refractivity contribution < 1.29 is 86.7 Å². The van der Waals surface area contributed by atoms with Gasteiger partial charge in [-0.3, -0.25) is 25.3 Å². The van der Waals surface area contributed by atoms with Crippen molar-refractivity contribution in [3.05, 3.63) is 0 Å². The molecule has 0 rings (SSSR count). The second-order valence-electron chi connectivity index (χ2n) is 1.22. The molecule has 112 valence electrons. The van der Waals surface area contributed by atoms with E-state index in [4.69, 9.17) is 52.6 Å². The Morgan fingerprint density at radius 3 is 0.444 bits per heavy atom. The summed E-state index contributed by atoms with van der Waals surface area (Å²) in [5.41, 5.74) is 0. The Labute approximate surface area is 131 Å². The summed E-state index contributed by atoms with van der Waals surface area (Å²) >= 11 is 0. The molecule has 0 atom stereocenters. The maximum atomic E-state index is 8.52. The van der Waals surface area contributed by atoms with Gasteiger partial charge in [-0.05, 0) is 0 Å². The Morgan fingerprint density at radius 1 is 0.444 bits per heavy atom. The van der Waals surface area contributed by atoms with Gasteiger partial charge in [0.15, 0.2) is 0 Å². The fourth-order valence-corrected chi connectivity index (χ4v) is 0. The molecule has 0 fully saturated rings. The number of hydrogen-bond donors (Lipinski definition) is 0. The summed E-state index contributed by atoms with van der Waals surface area (Å²) in [4.78, 5) is 0. The minimum absolute atomic E-state index is 0. The van der Waals surface area contributed by atoms with Crippen LogP contribution in [0, 0.1) is 0 Å². The SMILES string of the molecule is O=S(=O)([O-])[O-].O=S(=O)([O-])[O-].O=S(=O)([O-])[O-].[Fe+3].[Fe+3].[S]. The second kappa shape index (κ2) is 14.4. The summed E-state index contributed by atoms with van der Waals surface area (Å²) in [5.74, 6) is 0. The van der Waals surface area contributed by atoms with Gasteiger partial charge < -0.3 is 27.3 Å². The first-order chi connectivity index (χ1) is 6.00. The maximum Gasteiger partial charge on any atom is 3.00 e. The topological polar surface area (TPSA) is 241 Å². The van der Waals surface area contributed by atoms with Gasteiger partial charge in [0.1, 0.15) is 0 Å². The first-order valence-corrected chi connectivity index (χ1v) is 6.00. The van der Waals surface area contributed by atoms with Crippen molar-refractivity contribution >= 4 is 44.7 Å². The molecule has 18 heteroatoms. The third-order valence-electron chi connectivity index (χ3n) is 0. The largest absolute Gasteiger partial charge is 3.00 e. The Hall–Kier alpha value is 0.999. The van der Waals surface area contributed by atoms with Crippen LogP contribution in [0.4, 0.5) is 0 Å². The van der Waals surface area contributed by atoms with Crippen molar-refractivity contribution in [3.8, 4) is 0 Å². The molecule has 0 saturated carbocycles. The quantitative estimate of drug-likeness (QED) is 0.207. The molecule has 0 saturated heterocycles. The summed E-state index contributed by atoms with van der Waals surface area (Å²) in [6, 6.07) is 0. The molecule has 0 heterocycles. The van der Waals surface area contributed by atoms with Gasteiger partial charge in [-0.1, -0.05) is 0 Å². The molecule has 0 aromatic heterocycles. The van der Waals surface area contributed by atoms with Gasteiger partial charge in [0.2, 0.25) is 0 Å². The molecule has 18 heavy (non-hydrogen) atoms. The minimum atomic E-state index is -5.17. The van der Waals surface area contributed by atoms with Crippen molar-refractivity contribution in [2.45, 2.75) is 0 Å². The molecule has 0 unspecified atom stereocenters. The molecule has 12 nitrogen and oxygen atoms in total. The summed E-state index contributed by atoms with van der Waals surface area (Å²) in [5, 5.41) is 0. The van der Waals surface area contributed by atoms with Crippen molar-refractivity contribution in [1.82, 2.24) is 0 Å². The average Bonchev–Trinajstić information content (AvgIpc) is 1.41. The number of hydrogen-bond acceptors (Lipinski definition) is 12. The Kier molecular flexibility index (Phi) is 29.2. The van der Waals surface area contributed by atoms with Gasteiger partial charge in [0.05, 0.1) is 0 Å². The van der Waals surface area contributed by atoms with Crippen LogP contribution in [-0.4, -0.2) is 52.6 Å². The van der Waals surface area contributed by atoms with Crippen LogP contribution in [-0.2, 0) is 65.3 Å². The Morgan fingerprint density at radius 2 is 0.444 bits per heavy atom. The van der Waals surface area contributed by atoms with Gasteiger partial charge >= 0.3 is 34.1 Å². The van der Waals surface area contributed by atoms with Crippen LogP contribution >= 0.6 is 13.5 Å². The zero-order valence-corrected chi connectivity index (χ0v) is 12.7. The summed E-state index contributed by atoms with van der Waals surface area (Å²) < 4.78 is 102. The van der Waals surface area contributed by atoms with Gasteiger partial charge in [0, 0.05) is 44.7 Å². The van der Waals surface area contributed by atoms with Crippen LogP contribution in [0.2, 0.25) is 0 Å². The molecule has 0 amide bonds.